The first-order valence-electron chi connectivity index (χ1n) is 10.9. The zero-order valence-corrected chi connectivity index (χ0v) is 18.8. The van der Waals surface area contributed by atoms with Crippen molar-refractivity contribution < 1.29 is 9.90 Å². The number of nitriles is 1. The second-order valence-corrected chi connectivity index (χ2v) is 8.72. The van der Waals surface area contributed by atoms with E-state index in [-0.39, 0.29) is 0 Å². The fraction of sp³-hybridized carbons (Fsp3) is 0.304. The molecule has 0 radical (unpaired) electrons. The number of pyridine rings is 1. The first-order valence-corrected chi connectivity index (χ1v) is 10.9. The van der Waals surface area contributed by atoms with Gasteiger partial charge in [0.15, 0.2) is 0 Å². The molecule has 34 heavy (non-hydrogen) atoms. The Morgan fingerprint density at radius 3 is 2.56 bits per heavy atom. The predicted molar refractivity (Wildman–Crippen MR) is 124 cm³/mol. The number of aryl methyl sites for hydroxylation is 1. The second kappa shape index (κ2) is 8.15. The zero-order chi connectivity index (χ0) is 23.9. The number of hydrogen-bond acceptors (Lipinski definition) is 7. The first-order chi connectivity index (χ1) is 16.3. The van der Waals surface area contributed by atoms with E-state index in [2.05, 4.69) is 31.5 Å². The van der Waals surface area contributed by atoms with Gasteiger partial charge in [-0.05, 0) is 31.9 Å². The number of carbonyl (C=O) groups is 1. The fourth-order valence-electron chi connectivity index (χ4n) is 4.32. The lowest BCUT2D eigenvalue weighted by Gasteiger charge is -2.39. The third-order valence-electron chi connectivity index (χ3n) is 6.24. The van der Waals surface area contributed by atoms with Crippen LogP contribution in [0.25, 0.3) is 28.0 Å². The van der Waals surface area contributed by atoms with Crippen molar-refractivity contribution >= 4 is 17.4 Å². The number of anilines is 1. The zero-order valence-electron chi connectivity index (χ0n) is 18.8. The molecule has 1 aliphatic heterocycles. The van der Waals surface area contributed by atoms with Crippen LogP contribution < -0.4 is 10.2 Å². The van der Waals surface area contributed by atoms with Gasteiger partial charge in [0.25, 0.3) is 0 Å². The molecular formula is C23H23N9O2. The second-order valence-electron chi connectivity index (χ2n) is 8.72. The van der Waals surface area contributed by atoms with Crippen LogP contribution in [0.3, 0.4) is 0 Å². The quantitative estimate of drug-likeness (QED) is 0.477. The lowest BCUT2D eigenvalue weighted by atomic mass is 9.90. The summed E-state index contributed by atoms with van der Waals surface area (Å²) in [7, 11) is 1.84. The largest absolute Gasteiger partial charge is 0.465 e. The topological polar surface area (TPSA) is 137 Å². The van der Waals surface area contributed by atoms with Gasteiger partial charge in [-0.15, -0.1) is 0 Å². The summed E-state index contributed by atoms with van der Waals surface area (Å²) in [6.07, 6.45) is 9.07. The maximum atomic E-state index is 11.1. The molecule has 0 spiro atoms. The van der Waals surface area contributed by atoms with Gasteiger partial charge in [-0.25, -0.2) is 19.3 Å². The Morgan fingerprint density at radius 2 is 1.94 bits per heavy atom. The molecule has 4 aromatic rings. The number of piperidine rings is 1. The average molecular weight is 457 g/mol. The monoisotopic (exact) mass is 457 g/mol. The van der Waals surface area contributed by atoms with Crippen LogP contribution in [0.4, 0.5) is 10.6 Å². The summed E-state index contributed by atoms with van der Waals surface area (Å²) in [6, 6.07) is 6.06. The van der Waals surface area contributed by atoms with Gasteiger partial charge in [-0.2, -0.15) is 15.5 Å². The summed E-state index contributed by atoms with van der Waals surface area (Å²) in [5, 5.41) is 29.9. The van der Waals surface area contributed by atoms with E-state index < -0.39 is 11.6 Å². The molecule has 172 valence electrons. The molecular weight excluding hydrogens is 434 g/mol. The summed E-state index contributed by atoms with van der Waals surface area (Å²) in [5.74, 6) is 0.814. The molecule has 4 aromatic heterocycles. The first kappa shape index (κ1) is 21.4. The van der Waals surface area contributed by atoms with Crippen LogP contribution in [-0.4, -0.2) is 59.2 Å². The molecule has 0 aliphatic carbocycles. The molecule has 5 heterocycles. The third-order valence-corrected chi connectivity index (χ3v) is 6.24. The van der Waals surface area contributed by atoms with Gasteiger partial charge in [-0.1, -0.05) is 0 Å². The van der Waals surface area contributed by atoms with Gasteiger partial charge in [-0.3, -0.25) is 4.68 Å². The van der Waals surface area contributed by atoms with E-state index in [1.54, 1.807) is 27.8 Å². The van der Waals surface area contributed by atoms with E-state index in [1.165, 1.54) is 6.20 Å². The number of carboxylic acid groups (broad SMARTS) is 1. The van der Waals surface area contributed by atoms with Crippen LogP contribution in [0.5, 0.6) is 0 Å². The minimum atomic E-state index is -0.998. The average Bonchev–Trinajstić information content (AvgIpc) is 3.44. The molecule has 11 nitrogen and oxygen atoms in total. The highest BCUT2D eigenvalue weighted by atomic mass is 16.4. The van der Waals surface area contributed by atoms with Crippen LogP contribution in [0, 0.1) is 11.3 Å². The maximum absolute atomic E-state index is 11.1. The smallest absolute Gasteiger partial charge is 0.405 e. The SMILES string of the molecule is Cn1cc(-c2cn3ncc(C#N)c3c(-c3ccc(N4CCC(C)(NC(=O)O)CC4)nc3)n2)cn1. The molecule has 0 atom stereocenters. The molecule has 0 unspecified atom stereocenters. The maximum Gasteiger partial charge on any atom is 0.405 e. The van der Waals surface area contributed by atoms with Crippen LogP contribution in [0.15, 0.2) is 43.1 Å². The summed E-state index contributed by atoms with van der Waals surface area (Å²) >= 11 is 0. The van der Waals surface area contributed by atoms with E-state index in [9.17, 15) is 10.1 Å². The standard InChI is InChI=1S/C23H23N9O2/c1-23(29-22(33)34)5-7-31(8-6-23)19-4-3-15(10-25-19)20-21-16(9-24)11-27-32(21)14-18(28-20)17-12-26-30(2)13-17/h3-4,10-14,29H,5-8H2,1-2H3,(H,33,34). The number of rotatable bonds is 4. The van der Waals surface area contributed by atoms with Crippen molar-refractivity contribution in [1.82, 2.24) is 34.7 Å². The minimum absolute atomic E-state index is 0.430. The Kier molecular flexibility index (Phi) is 5.13. The molecule has 11 heteroatoms. The molecule has 1 saturated heterocycles. The van der Waals surface area contributed by atoms with Gasteiger partial charge in [0.2, 0.25) is 0 Å². The van der Waals surface area contributed by atoms with Crippen molar-refractivity contribution in [3.8, 4) is 28.6 Å². The number of amides is 1. The Morgan fingerprint density at radius 1 is 1.15 bits per heavy atom. The molecule has 5 rings (SSSR count). The predicted octanol–water partition coefficient (Wildman–Crippen LogP) is 2.69. The van der Waals surface area contributed by atoms with Crippen molar-refractivity contribution in [2.45, 2.75) is 25.3 Å². The highest BCUT2D eigenvalue weighted by Crippen LogP contribution is 2.30. The van der Waals surface area contributed by atoms with Gasteiger partial charge < -0.3 is 15.3 Å². The number of fused-ring (bicyclic) bond motifs is 1. The molecule has 1 aliphatic rings. The van der Waals surface area contributed by atoms with Crippen LogP contribution in [0.2, 0.25) is 0 Å². The number of aromatic nitrogens is 6. The van der Waals surface area contributed by atoms with E-state index in [4.69, 9.17) is 10.1 Å². The Bertz CT molecular complexity index is 1410. The van der Waals surface area contributed by atoms with Crippen LogP contribution in [-0.2, 0) is 7.05 Å². The molecule has 1 amide bonds. The molecule has 1 fully saturated rings. The number of nitrogens with zero attached hydrogens (tertiary/aromatic N) is 8. The molecule has 0 aromatic carbocycles. The summed E-state index contributed by atoms with van der Waals surface area (Å²) in [6.45, 7) is 3.33. The van der Waals surface area contributed by atoms with Crippen molar-refractivity contribution in [2.24, 2.45) is 7.05 Å². The van der Waals surface area contributed by atoms with Crippen molar-refractivity contribution in [3.05, 3.63) is 48.7 Å². The van der Waals surface area contributed by atoms with E-state index in [0.717, 1.165) is 16.9 Å². The van der Waals surface area contributed by atoms with Crippen LogP contribution in [0.1, 0.15) is 25.3 Å². The fourth-order valence-corrected chi connectivity index (χ4v) is 4.32. The van der Waals surface area contributed by atoms with Crippen molar-refractivity contribution in [2.75, 3.05) is 18.0 Å². The Hall–Kier alpha value is -4.46. The Labute approximate surface area is 195 Å². The highest BCUT2D eigenvalue weighted by molar-refractivity contribution is 5.83. The van der Waals surface area contributed by atoms with Gasteiger partial charge in [0.1, 0.15) is 23.0 Å². The number of hydrogen-bond donors (Lipinski definition) is 2. The highest BCUT2D eigenvalue weighted by Gasteiger charge is 2.32. The molecule has 0 bridgehead atoms. The van der Waals surface area contributed by atoms with Crippen LogP contribution >= 0.6 is 0 Å². The molecule has 2 N–H and O–H groups in total. The minimum Gasteiger partial charge on any atom is -0.465 e. The summed E-state index contributed by atoms with van der Waals surface area (Å²) in [4.78, 5) is 22.7. The molecule has 0 saturated carbocycles. The lowest BCUT2D eigenvalue weighted by Crippen LogP contribution is -2.53. The summed E-state index contributed by atoms with van der Waals surface area (Å²) in [5.41, 5.74) is 3.55. The van der Waals surface area contributed by atoms with Gasteiger partial charge in [0.05, 0.1) is 30.0 Å². The van der Waals surface area contributed by atoms with E-state index in [0.29, 0.717) is 48.4 Å². The third kappa shape index (κ3) is 3.90. The van der Waals surface area contributed by atoms with E-state index >= 15 is 0 Å². The van der Waals surface area contributed by atoms with E-state index in [1.807, 2.05) is 32.3 Å². The lowest BCUT2D eigenvalue weighted by molar-refractivity contribution is 0.173. The van der Waals surface area contributed by atoms with Crippen molar-refractivity contribution in [3.63, 3.8) is 0 Å². The normalized spacial score (nSPS) is 15.3. The summed E-state index contributed by atoms with van der Waals surface area (Å²) < 4.78 is 3.37. The van der Waals surface area contributed by atoms with Crippen molar-refractivity contribution in [1.29, 1.82) is 5.26 Å². The van der Waals surface area contributed by atoms with Gasteiger partial charge in [0, 0.05) is 49.2 Å². The van der Waals surface area contributed by atoms with Gasteiger partial charge >= 0.3 is 6.09 Å². The Balaban J connectivity index is 1.47. The number of nitrogens with one attached hydrogen (secondary N) is 1.